The summed E-state index contributed by atoms with van der Waals surface area (Å²) in [6.07, 6.45) is 0. The molecule has 0 aliphatic carbocycles. The second-order valence-electron chi connectivity index (χ2n) is 7.80. The number of carbonyl (C=O) groups is 2. The SMILES string of the molecule is CC(=O)N1Cc2[nH]c(=O)c3cc(F)ccc3c2[C@H](N(C)C(=O)Nc2ccc(F)c(C#N)c2)C1. The number of nitriles is 1. The second kappa shape index (κ2) is 8.35. The predicted molar refractivity (Wildman–Crippen MR) is 116 cm³/mol. The van der Waals surface area contributed by atoms with Crippen molar-refractivity contribution in [3.05, 3.63) is 75.2 Å². The molecule has 1 aliphatic heterocycles. The van der Waals surface area contributed by atoms with Crippen molar-refractivity contribution in [2.45, 2.75) is 19.5 Å². The number of hydrogen-bond acceptors (Lipinski definition) is 4. The van der Waals surface area contributed by atoms with E-state index in [2.05, 4.69) is 10.3 Å². The fourth-order valence-corrected chi connectivity index (χ4v) is 4.03. The van der Waals surface area contributed by atoms with E-state index in [1.807, 2.05) is 0 Å². The summed E-state index contributed by atoms with van der Waals surface area (Å²) in [6, 6.07) is 7.94. The van der Waals surface area contributed by atoms with Crippen LogP contribution >= 0.6 is 0 Å². The number of carbonyl (C=O) groups excluding carboxylic acids is 2. The first-order valence-electron chi connectivity index (χ1n) is 10.0. The van der Waals surface area contributed by atoms with Gasteiger partial charge in [-0.1, -0.05) is 6.07 Å². The van der Waals surface area contributed by atoms with Crippen LogP contribution in [0.3, 0.4) is 0 Å². The van der Waals surface area contributed by atoms with Gasteiger partial charge in [0.2, 0.25) is 5.91 Å². The second-order valence-corrected chi connectivity index (χ2v) is 7.80. The molecule has 0 radical (unpaired) electrons. The van der Waals surface area contributed by atoms with Crippen molar-refractivity contribution in [1.29, 1.82) is 5.26 Å². The number of anilines is 1. The zero-order valence-corrected chi connectivity index (χ0v) is 17.8. The summed E-state index contributed by atoms with van der Waals surface area (Å²) in [6.45, 7) is 1.68. The molecule has 8 nitrogen and oxygen atoms in total. The fourth-order valence-electron chi connectivity index (χ4n) is 4.03. The number of rotatable bonds is 2. The molecule has 0 bridgehead atoms. The van der Waals surface area contributed by atoms with Crippen LogP contribution < -0.4 is 10.9 Å². The van der Waals surface area contributed by atoms with Crippen molar-refractivity contribution < 1.29 is 18.4 Å². The fraction of sp³-hybridized carbons (Fsp3) is 0.217. The summed E-state index contributed by atoms with van der Waals surface area (Å²) in [5, 5.41) is 12.3. The van der Waals surface area contributed by atoms with Crippen LogP contribution in [0.4, 0.5) is 19.3 Å². The number of nitrogens with one attached hydrogen (secondary N) is 2. The van der Waals surface area contributed by atoms with E-state index in [9.17, 15) is 23.2 Å². The number of fused-ring (bicyclic) bond motifs is 3. The highest BCUT2D eigenvalue weighted by atomic mass is 19.1. The minimum Gasteiger partial charge on any atom is -0.335 e. The van der Waals surface area contributed by atoms with Crippen molar-refractivity contribution in [1.82, 2.24) is 14.8 Å². The Morgan fingerprint density at radius 2 is 1.97 bits per heavy atom. The first-order chi connectivity index (χ1) is 15.7. The summed E-state index contributed by atoms with van der Waals surface area (Å²) >= 11 is 0. The topological polar surface area (TPSA) is 109 Å². The molecule has 0 saturated heterocycles. The van der Waals surface area contributed by atoms with Gasteiger partial charge in [-0.3, -0.25) is 9.59 Å². The number of nitrogens with zero attached hydrogens (tertiary/aromatic N) is 3. The molecule has 33 heavy (non-hydrogen) atoms. The van der Waals surface area contributed by atoms with Crippen molar-refractivity contribution >= 4 is 28.4 Å². The van der Waals surface area contributed by atoms with Crippen LogP contribution in [-0.2, 0) is 11.3 Å². The van der Waals surface area contributed by atoms with Crippen molar-refractivity contribution in [3.63, 3.8) is 0 Å². The monoisotopic (exact) mass is 451 g/mol. The van der Waals surface area contributed by atoms with E-state index in [4.69, 9.17) is 5.26 Å². The summed E-state index contributed by atoms with van der Waals surface area (Å²) in [4.78, 5) is 43.3. The minimum absolute atomic E-state index is 0.140. The predicted octanol–water partition coefficient (Wildman–Crippen LogP) is 3.25. The van der Waals surface area contributed by atoms with Gasteiger partial charge in [0.05, 0.1) is 23.5 Å². The quantitative estimate of drug-likeness (QED) is 0.623. The van der Waals surface area contributed by atoms with Crippen LogP contribution in [0.2, 0.25) is 0 Å². The van der Waals surface area contributed by atoms with Gasteiger partial charge in [-0.25, -0.2) is 13.6 Å². The highest BCUT2D eigenvalue weighted by molar-refractivity contribution is 5.91. The lowest BCUT2D eigenvalue weighted by Gasteiger charge is -2.39. The Morgan fingerprint density at radius 1 is 1.21 bits per heavy atom. The van der Waals surface area contributed by atoms with E-state index in [0.717, 1.165) is 12.1 Å². The van der Waals surface area contributed by atoms with E-state index < -0.39 is 29.3 Å². The van der Waals surface area contributed by atoms with Gasteiger partial charge in [0, 0.05) is 37.5 Å². The number of benzene rings is 2. The maximum atomic E-state index is 13.8. The average molecular weight is 451 g/mol. The lowest BCUT2D eigenvalue weighted by molar-refractivity contribution is -0.130. The van der Waals surface area contributed by atoms with Gasteiger partial charge in [0.1, 0.15) is 17.7 Å². The van der Waals surface area contributed by atoms with Crippen LogP contribution in [0.5, 0.6) is 0 Å². The zero-order valence-electron chi connectivity index (χ0n) is 17.8. The smallest absolute Gasteiger partial charge is 0.322 e. The molecular formula is C23H19F2N5O3. The third-order valence-electron chi connectivity index (χ3n) is 5.75. The third-order valence-corrected chi connectivity index (χ3v) is 5.75. The molecule has 3 amide bonds. The highest BCUT2D eigenvalue weighted by Gasteiger charge is 2.34. The van der Waals surface area contributed by atoms with E-state index in [0.29, 0.717) is 16.6 Å². The molecule has 0 unspecified atom stereocenters. The molecule has 1 atom stereocenters. The van der Waals surface area contributed by atoms with Crippen LogP contribution in [0.15, 0.2) is 41.2 Å². The van der Waals surface area contributed by atoms with E-state index >= 15 is 0 Å². The lowest BCUT2D eigenvalue weighted by atomic mass is 9.93. The first-order valence-corrected chi connectivity index (χ1v) is 10.0. The standard InChI is InChI=1S/C23H19F2N5O3/c1-12(31)30-10-19-21(16-5-3-14(24)8-17(16)22(32)28-19)20(11-30)29(2)23(33)27-15-4-6-18(25)13(7-15)9-26/h3-8,20H,10-11H2,1-2H3,(H,27,33)(H,28,32)/t20-/m1/s1. The molecule has 0 saturated carbocycles. The van der Waals surface area contributed by atoms with Crippen molar-refractivity contribution in [3.8, 4) is 6.07 Å². The number of likely N-dealkylation sites (N-methyl/N-ethyl adjacent to an activating group) is 1. The average Bonchev–Trinajstić information content (AvgIpc) is 2.79. The molecule has 10 heteroatoms. The van der Waals surface area contributed by atoms with E-state index in [-0.39, 0.29) is 35.6 Å². The van der Waals surface area contributed by atoms with Crippen LogP contribution in [0.25, 0.3) is 10.8 Å². The van der Waals surface area contributed by atoms with Crippen molar-refractivity contribution in [2.75, 3.05) is 18.9 Å². The normalized spacial score (nSPS) is 15.0. The molecule has 0 fully saturated rings. The minimum atomic E-state index is -0.704. The number of amides is 3. The van der Waals surface area contributed by atoms with Crippen molar-refractivity contribution in [2.24, 2.45) is 0 Å². The maximum absolute atomic E-state index is 13.8. The molecular weight excluding hydrogens is 432 g/mol. The number of hydrogen-bond donors (Lipinski definition) is 2. The van der Waals surface area contributed by atoms with Gasteiger partial charge in [0.25, 0.3) is 5.56 Å². The Kier molecular flexibility index (Phi) is 5.55. The Balaban J connectivity index is 1.76. The molecule has 3 aromatic rings. The molecule has 1 aromatic heterocycles. The Labute approximate surface area is 187 Å². The number of H-pyrrole nitrogens is 1. The molecule has 2 aromatic carbocycles. The van der Waals surface area contributed by atoms with Crippen LogP contribution in [0, 0.1) is 23.0 Å². The molecule has 2 N–H and O–H groups in total. The lowest BCUT2D eigenvalue weighted by Crippen LogP contribution is -2.46. The Hall–Kier alpha value is -4.26. The number of aromatic amines is 1. The largest absolute Gasteiger partial charge is 0.335 e. The molecule has 1 aliphatic rings. The highest BCUT2D eigenvalue weighted by Crippen LogP contribution is 2.34. The van der Waals surface area contributed by atoms with Gasteiger partial charge in [-0.2, -0.15) is 5.26 Å². The van der Waals surface area contributed by atoms with Crippen LogP contribution in [0.1, 0.15) is 29.8 Å². The zero-order chi connectivity index (χ0) is 23.9. The first kappa shape index (κ1) is 22.0. The van der Waals surface area contributed by atoms with Gasteiger partial charge in [-0.05, 0) is 35.7 Å². The van der Waals surface area contributed by atoms with Crippen LogP contribution in [-0.4, -0.2) is 40.3 Å². The summed E-state index contributed by atoms with van der Waals surface area (Å²) in [7, 11) is 1.52. The summed E-state index contributed by atoms with van der Waals surface area (Å²) in [5.41, 5.74) is 0.578. The summed E-state index contributed by atoms with van der Waals surface area (Å²) < 4.78 is 27.4. The number of pyridine rings is 1. The maximum Gasteiger partial charge on any atom is 0.322 e. The third kappa shape index (κ3) is 4.01. The number of halogens is 2. The number of urea groups is 1. The molecule has 168 valence electrons. The van der Waals surface area contributed by atoms with Gasteiger partial charge >= 0.3 is 6.03 Å². The van der Waals surface area contributed by atoms with E-state index in [1.54, 1.807) is 6.07 Å². The number of aromatic nitrogens is 1. The summed E-state index contributed by atoms with van der Waals surface area (Å²) in [5.74, 6) is -1.51. The molecule has 2 heterocycles. The van der Waals surface area contributed by atoms with Gasteiger partial charge < -0.3 is 20.1 Å². The van der Waals surface area contributed by atoms with E-state index in [1.165, 1.54) is 48.0 Å². The van der Waals surface area contributed by atoms with Gasteiger partial charge in [-0.15, -0.1) is 0 Å². The Morgan fingerprint density at radius 3 is 2.67 bits per heavy atom. The molecule has 0 spiro atoms. The Bertz CT molecular complexity index is 1400. The molecule has 4 rings (SSSR count). The van der Waals surface area contributed by atoms with Gasteiger partial charge in [0.15, 0.2) is 0 Å².